The molecule has 1 saturated heterocycles. The third kappa shape index (κ3) is 2.38. The summed E-state index contributed by atoms with van der Waals surface area (Å²) >= 11 is 0. The number of primary amides is 1. The zero-order valence-corrected chi connectivity index (χ0v) is 6.36. The van der Waals surface area contributed by atoms with Crippen LogP contribution in [0.1, 0.15) is 12.8 Å². The lowest BCUT2D eigenvalue weighted by molar-refractivity contribution is 0.153. The Morgan fingerprint density at radius 1 is 1.73 bits per heavy atom. The molecule has 0 saturated carbocycles. The second-order valence-electron chi connectivity index (χ2n) is 2.73. The van der Waals surface area contributed by atoms with Gasteiger partial charge < -0.3 is 15.7 Å². The molecule has 11 heavy (non-hydrogen) atoms. The highest BCUT2D eigenvalue weighted by Gasteiger charge is 2.17. The molecule has 1 unspecified atom stereocenters. The summed E-state index contributed by atoms with van der Waals surface area (Å²) in [5.74, 6) is 0. The highest BCUT2D eigenvalue weighted by Crippen LogP contribution is 2.08. The molecule has 0 bridgehead atoms. The molecule has 4 nitrogen and oxygen atoms in total. The summed E-state index contributed by atoms with van der Waals surface area (Å²) in [6.45, 7) is 0.998. The highest BCUT2D eigenvalue weighted by atomic mass is 16.3. The normalized spacial score (nSPS) is 26.3. The van der Waals surface area contributed by atoms with Crippen molar-refractivity contribution in [1.82, 2.24) is 4.90 Å². The fourth-order valence-electron chi connectivity index (χ4n) is 1.18. The van der Waals surface area contributed by atoms with Gasteiger partial charge in [0.25, 0.3) is 0 Å². The Kier molecular flexibility index (Phi) is 2.70. The molecule has 4 heteroatoms. The monoisotopic (exact) mass is 157 g/mol. The molecule has 0 aliphatic carbocycles. The molecule has 1 atom stereocenters. The number of aliphatic hydroxyl groups is 1. The van der Waals surface area contributed by atoms with Crippen LogP contribution in [-0.4, -0.2) is 35.2 Å². The van der Waals surface area contributed by atoms with Crippen LogP contribution in [-0.2, 0) is 0 Å². The summed E-state index contributed by atoms with van der Waals surface area (Å²) < 4.78 is 0. The van der Waals surface area contributed by atoms with Crippen LogP contribution >= 0.6 is 0 Å². The topological polar surface area (TPSA) is 66.6 Å². The molecule has 1 radical (unpaired) electrons. The van der Waals surface area contributed by atoms with E-state index in [1.807, 2.05) is 6.42 Å². The van der Waals surface area contributed by atoms with Crippen LogP contribution in [0.3, 0.4) is 0 Å². The van der Waals surface area contributed by atoms with Gasteiger partial charge in [-0.2, -0.15) is 0 Å². The zero-order chi connectivity index (χ0) is 8.27. The Morgan fingerprint density at radius 2 is 2.45 bits per heavy atom. The molecule has 3 N–H and O–H groups in total. The molecular weight excluding hydrogens is 144 g/mol. The van der Waals surface area contributed by atoms with Crippen molar-refractivity contribution >= 4 is 6.03 Å². The summed E-state index contributed by atoms with van der Waals surface area (Å²) in [4.78, 5) is 12.1. The van der Waals surface area contributed by atoms with Crippen molar-refractivity contribution in [2.45, 2.75) is 18.9 Å². The lowest BCUT2D eigenvalue weighted by Crippen LogP contribution is -2.39. The van der Waals surface area contributed by atoms with Gasteiger partial charge >= 0.3 is 6.03 Å². The molecule has 1 rings (SSSR count). The van der Waals surface area contributed by atoms with Crippen LogP contribution in [0.2, 0.25) is 0 Å². The SMILES string of the molecule is NC(=O)N1CCC[CH]C(O)C1. The van der Waals surface area contributed by atoms with Gasteiger partial charge in [0.1, 0.15) is 0 Å². The first-order chi connectivity index (χ1) is 5.20. The van der Waals surface area contributed by atoms with Crippen molar-refractivity contribution in [3.63, 3.8) is 0 Å². The van der Waals surface area contributed by atoms with Crippen molar-refractivity contribution in [3.05, 3.63) is 6.42 Å². The third-order valence-electron chi connectivity index (χ3n) is 1.79. The minimum absolute atomic E-state index is 0.343. The van der Waals surface area contributed by atoms with E-state index in [0.29, 0.717) is 13.1 Å². The quantitative estimate of drug-likeness (QED) is 0.508. The van der Waals surface area contributed by atoms with Crippen LogP contribution in [0, 0.1) is 6.42 Å². The molecule has 0 spiro atoms. The molecule has 0 aromatic rings. The van der Waals surface area contributed by atoms with Crippen LogP contribution in [0.5, 0.6) is 0 Å². The van der Waals surface area contributed by atoms with E-state index >= 15 is 0 Å². The van der Waals surface area contributed by atoms with E-state index in [1.54, 1.807) is 0 Å². The molecule has 0 aromatic carbocycles. The van der Waals surface area contributed by atoms with Crippen LogP contribution in [0.4, 0.5) is 4.79 Å². The molecule has 1 aliphatic rings. The number of nitrogens with two attached hydrogens (primary N) is 1. The van der Waals surface area contributed by atoms with Gasteiger partial charge in [-0.05, 0) is 19.3 Å². The van der Waals surface area contributed by atoms with Crippen molar-refractivity contribution in [3.8, 4) is 0 Å². The van der Waals surface area contributed by atoms with Crippen LogP contribution < -0.4 is 5.73 Å². The van der Waals surface area contributed by atoms with E-state index in [-0.39, 0.29) is 0 Å². The van der Waals surface area contributed by atoms with Gasteiger partial charge in [-0.15, -0.1) is 0 Å². The molecule has 1 aliphatic heterocycles. The van der Waals surface area contributed by atoms with Crippen LogP contribution in [0.15, 0.2) is 0 Å². The van der Waals surface area contributed by atoms with E-state index in [2.05, 4.69) is 0 Å². The van der Waals surface area contributed by atoms with Crippen molar-refractivity contribution in [2.24, 2.45) is 5.73 Å². The van der Waals surface area contributed by atoms with Gasteiger partial charge in [0.2, 0.25) is 0 Å². The zero-order valence-electron chi connectivity index (χ0n) is 6.36. The summed E-state index contributed by atoms with van der Waals surface area (Å²) in [6.07, 6.45) is 3.04. The lowest BCUT2D eigenvalue weighted by atomic mass is 10.2. The second kappa shape index (κ2) is 3.57. The number of urea groups is 1. The standard InChI is InChI=1S/C7H13N2O2/c8-7(11)9-4-2-1-3-6(10)5-9/h3,6,10H,1-2,4-5H2,(H2,8,11). The van der Waals surface area contributed by atoms with Crippen molar-refractivity contribution in [2.75, 3.05) is 13.1 Å². The maximum atomic E-state index is 10.7. The predicted molar refractivity (Wildman–Crippen MR) is 40.7 cm³/mol. The van der Waals surface area contributed by atoms with E-state index in [9.17, 15) is 9.90 Å². The maximum absolute atomic E-state index is 10.7. The maximum Gasteiger partial charge on any atom is 0.314 e. The molecule has 2 amide bonds. The number of nitrogens with zero attached hydrogens (tertiary/aromatic N) is 1. The number of β-amino-alcohol motifs (C(OH)–C–C–N with tert-alkyl or cyclic N) is 1. The Labute approximate surface area is 66.0 Å². The predicted octanol–water partition coefficient (Wildman–Crippen LogP) is -0.274. The number of likely N-dealkylation sites (tertiary alicyclic amines) is 1. The van der Waals surface area contributed by atoms with Gasteiger partial charge in [-0.3, -0.25) is 0 Å². The Bertz CT molecular complexity index is 149. The number of amides is 2. The first-order valence-corrected chi connectivity index (χ1v) is 3.76. The molecule has 0 aromatic heterocycles. The van der Waals surface area contributed by atoms with Gasteiger partial charge in [-0.1, -0.05) is 0 Å². The summed E-state index contributed by atoms with van der Waals surface area (Å²) in [7, 11) is 0. The number of carbonyl (C=O) groups is 1. The smallest absolute Gasteiger partial charge is 0.314 e. The van der Waals surface area contributed by atoms with E-state index < -0.39 is 12.1 Å². The van der Waals surface area contributed by atoms with Crippen LogP contribution in [0.25, 0.3) is 0 Å². The third-order valence-corrected chi connectivity index (χ3v) is 1.79. The lowest BCUT2D eigenvalue weighted by Gasteiger charge is -2.18. The first-order valence-electron chi connectivity index (χ1n) is 3.76. The van der Waals surface area contributed by atoms with E-state index in [1.165, 1.54) is 4.90 Å². The minimum atomic E-state index is -0.509. The fraction of sp³-hybridized carbons (Fsp3) is 0.714. The van der Waals surface area contributed by atoms with Gasteiger partial charge in [-0.25, -0.2) is 4.79 Å². The number of carbonyl (C=O) groups excluding carboxylic acids is 1. The van der Waals surface area contributed by atoms with Gasteiger partial charge in [0, 0.05) is 13.1 Å². The Morgan fingerprint density at radius 3 is 3.09 bits per heavy atom. The van der Waals surface area contributed by atoms with Gasteiger partial charge in [0.15, 0.2) is 0 Å². The van der Waals surface area contributed by atoms with Crippen molar-refractivity contribution < 1.29 is 9.90 Å². The molecule has 1 heterocycles. The van der Waals surface area contributed by atoms with Crippen molar-refractivity contribution in [1.29, 1.82) is 0 Å². The first kappa shape index (κ1) is 8.33. The number of hydrogen-bond donors (Lipinski definition) is 2. The average Bonchev–Trinajstić information content (AvgIpc) is 2.13. The van der Waals surface area contributed by atoms with Gasteiger partial charge in [0.05, 0.1) is 6.10 Å². The fourth-order valence-corrected chi connectivity index (χ4v) is 1.18. The number of rotatable bonds is 0. The Hall–Kier alpha value is -0.770. The summed E-state index contributed by atoms with van der Waals surface area (Å²) in [6, 6.07) is -0.445. The molecular formula is C7H13N2O2. The minimum Gasteiger partial charge on any atom is -0.391 e. The number of hydrogen-bond acceptors (Lipinski definition) is 2. The van der Waals surface area contributed by atoms with E-state index in [0.717, 1.165) is 12.8 Å². The summed E-state index contributed by atoms with van der Waals surface area (Å²) in [5, 5.41) is 9.20. The molecule has 1 fully saturated rings. The average molecular weight is 157 g/mol. The highest BCUT2D eigenvalue weighted by molar-refractivity contribution is 5.72. The number of aliphatic hydroxyl groups excluding tert-OH is 1. The molecule has 63 valence electrons. The largest absolute Gasteiger partial charge is 0.391 e. The summed E-state index contributed by atoms with van der Waals surface area (Å²) in [5.41, 5.74) is 5.06. The Balaban J connectivity index is 2.45. The van der Waals surface area contributed by atoms with E-state index in [4.69, 9.17) is 5.73 Å². The second-order valence-corrected chi connectivity index (χ2v) is 2.73.